The van der Waals surface area contributed by atoms with E-state index in [1.807, 2.05) is 0 Å². The summed E-state index contributed by atoms with van der Waals surface area (Å²) < 4.78 is 11.9. The Bertz CT molecular complexity index is 707. The van der Waals surface area contributed by atoms with Gasteiger partial charge in [0.2, 0.25) is 5.43 Å². The largest absolute Gasteiger partial charge is 0.497 e. The molecule has 6 nitrogen and oxygen atoms in total. The molecule has 0 saturated heterocycles. The fraction of sp³-hybridized carbons (Fsp3) is 0.214. The molecule has 1 aromatic heterocycles. The molecule has 1 aromatic carbocycles. The second kappa shape index (κ2) is 5.56. The van der Waals surface area contributed by atoms with Crippen molar-refractivity contribution in [1.82, 2.24) is 9.78 Å². The topological polar surface area (TPSA) is 70.4 Å². The average molecular weight is 274 g/mol. The van der Waals surface area contributed by atoms with E-state index < -0.39 is 5.43 Å². The van der Waals surface area contributed by atoms with Crippen molar-refractivity contribution in [3.8, 4) is 17.2 Å². The van der Waals surface area contributed by atoms with Crippen molar-refractivity contribution in [2.45, 2.75) is 6.92 Å². The van der Waals surface area contributed by atoms with E-state index in [4.69, 9.17) is 9.47 Å². The number of hydrogen-bond acceptors (Lipinski definition) is 5. The van der Waals surface area contributed by atoms with Gasteiger partial charge in [0.05, 0.1) is 14.2 Å². The van der Waals surface area contributed by atoms with Gasteiger partial charge in [0, 0.05) is 17.8 Å². The van der Waals surface area contributed by atoms with E-state index in [1.54, 1.807) is 32.2 Å². The van der Waals surface area contributed by atoms with Crippen LogP contribution in [0.4, 0.5) is 0 Å². The maximum atomic E-state index is 11.6. The predicted octanol–water partition coefficient (Wildman–Crippen LogP) is 1.37. The molecule has 104 valence electrons. The van der Waals surface area contributed by atoms with Gasteiger partial charge < -0.3 is 9.47 Å². The van der Waals surface area contributed by atoms with Crippen LogP contribution in [0.5, 0.6) is 11.5 Å². The average Bonchev–Trinajstić information content (AvgIpc) is 2.47. The number of benzene rings is 1. The van der Waals surface area contributed by atoms with Crippen LogP contribution in [0.15, 0.2) is 29.1 Å². The van der Waals surface area contributed by atoms with Gasteiger partial charge in [-0.25, -0.2) is 4.68 Å². The second-order valence-electron chi connectivity index (χ2n) is 4.10. The summed E-state index contributed by atoms with van der Waals surface area (Å²) in [5.41, 5.74) is 0.674. The Labute approximate surface area is 115 Å². The fourth-order valence-corrected chi connectivity index (χ4v) is 1.85. The van der Waals surface area contributed by atoms with E-state index in [1.165, 1.54) is 17.9 Å². The molecular formula is C14H14N2O4. The van der Waals surface area contributed by atoms with Crippen LogP contribution in [-0.4, -0.2) is 30.3 Å². The number of aromatic nitrogens is 2. The molecule has 2 aromatic rings. The first-order chi connectivity index (χ1) is 9.60. The number of aldehydes is 1. The Kier molecular flexibility index (Phi) is 3.84. The highest BCUT2D eigenvalue weighted by Crippen LogP contribution is 2.27. The molecule has 0 unspecified atom stereocenters. The molecule has 0 bridgehead atoms. The van der Waals surface area contributed by atoms with Crippen LogP contribution in [-0.2, 0) is 0 Å². The SMILES string of the molecule is COc1ccc(-n2nc(C=O)c(=O)cc2C)c(OC)c1. The second-order valence-corrected chi connectivity index (χ2v) is 4.10. The molecule has 20 heavy (non-hydrogen) atoms. The number of carbonyl (C=O) groups excluding carboxylic acids is 1. The minimum Gasteiger partial charge on any atom is -0.497 e. The first kappa shape index (κ1) is 13.8. The molecule has 0 fully saturated rings. The van der Waals surface area contributed by atoms with Crippen LogP contribution in [0.25, 0.3) is 5.69 Å². The maximum Gasteiger partial charge on any atom is 0.211 e. The lowest BCUT2D eigenvalue weighted by molar-refractivity contribution is 0.111. The van der Waals surface area contributed by atoms with Crippen molar-refractivity contribution in [3.63, 3.8) is 0 Å². The summed E-state index contributed by atoms with van der Waals surface area (Å²) in [6.07, 6.45) is 0.439. The minimum absolute atomic E-state index is 0.145. The zero-order chi connectivity index (χ0) is 14.7. The van der Waals surface area contributed by atoms with Gasteiger partial charge in [-0.05, 0) is 19.1 Å². The van der Waals surface area contributed by atoms with E-state index in [0.717, 1.165) is 0 Å². The normalized spacial score (nSPS) is 10.2. The highest BCUT2D eigenvalue weighted by Gasteiger charge is 2.12. The molecule has 0 aliphatic carbocycles. The van der Waals surface area contributed by atoms with Crippen molar-refractivity contribution >= 4 is 6.29 Å². The van der Waals surface area contributed by atoms with Crippen LogP contribution in [0, 0.1) is 6.92 Å². The lowest BCUT2D eigenvalue weighted by Gasteiger charge is -2.14. The van der Waals surface area contributed by atoms with Gasteiger partial charge >= 0.3 is 0 Å². The number of aryl methyl sites for hydroxylation is 1. The lowest BCUT2D eigenvalue weighted by atomic mass is 10.2. The lowest BCUT2D eigenvalue weighted by Crippen LogP contribution is -2.18. The third-order valence-corrected chi connectivity index (χ3v) is 2.86. The Morgan fingerprint density at radius 3 is 2.55 bits per heavy atom. The zero-order valence-corrected chi connectivity index (χ0v) is 11.4. The molecule has 0 saturated carbocycles. The number of ether oxygens (including phenoxy) is 2. The molecule has 6 heteroatoms. The smallest absolute Gasteiger partial charge is 0.211 e. The van der Waals surface area contributed by atoms with Crippen molar-refractivity contribution in [1.29, 1.82) is 0 Å². The Morgan fingerprint density at radius 1 is 1.20 bits per heavy atom. The molecule has 0 amide bonds. The number of nitrogens with zero attached hydrogens (tertiary/aromatic N) is 2. The molecule has 2 rings (SSSR count). The number of carbonyl (C=O) groups is 1. The molecule has 0 radical (unpaired) electrons. The molecule has 0 spiro atoms. The molecule has 0 atom stereocenters. The first-order valence-electron chi connectivity index (χ1n) is 5.89. The van der Waals surface area contributed by atoms with Crippen LogP contribution < -0.4 is 14.9 Å². The third-order valence-electron chi connectivity index (χ3n) is 2.86. The Morgan fingerprint density at radius 2 is 1.95 bits per heavy atom. The summed E-state index contributed by atoms with van der Waals surface area (Å²) >= 11 is 0. The van der Waals surface area contributed by atoms with Crippen molar-refractivity contribution in [2.75, 3.05) is 14.2 Å². The molecule has 0 aliphatic rings. The summed E-state index contributed by atoms with van der Waals surface area (Å²) in [7, 11) is 3.08. The van der Waals surface area contributed by atoms with Gasteiger partial charge in [-0.3, -0.25) is 9.59 Å². The quantitative estimate of drug-likeness (QED) is 0.787. The molecule has 0 aliphatic heterocycles. The van der Waals surface area contributed by atoms with Gasteiger partial charge in [-0.15, -0.1) is 0 Å². The Balaban J connectivity index is 2.67. The van der Waals surface area contributed by atoms with Crippen molar-refractivity contribution in [2.24, 2.45) is 0 Å². The van der Waals surface area contributed by atoms with Gasteiger partial charge in [0.25, 0.3) is 0 Å². The van der Waals surface area contributed by atoms with E-state index >= 15 is 0 Å². The molecule has 0 N–H and O–H groups in total. The van der Waals surface area contributed by atoms with E-state index in [0.29, 0.717) is 29.2 Å². The van der Waals surface area contributed by atoms with Crippen LogP contribution in [0.3, 0.4) is 0 Å². The van der Waals surface area contributed by atoms with Crippen LogP contribution >= 0.6 is 0 Å². The van der Waals surface area contributed by atoms with E-state index in [9.17, 15) is 9.59 Å². The maximum absolute atomic E-state index is 11.6. The van der Waals surface area contributed by atoms with Gasteiger partial charge in [0.15, 0.2) is 12.0 Å². The van der Waals surface area contributed by atoms with Crippen molar-refractivity contribution < 1.29 is 14.3 Å². The molecule has 1 heterocycles. The highest BCUT2D eigenvalue weighted by molar-refractivity contribution is 5.71. The number of hydrogen-bond donors (Lipinski definition) is 0. The summed E-state index contributed by atoms with van der Waals surface area (Å²) in [4.78, 5) is 22.4. The monoisotopic (exact) mass is 274 g/mol. The summed E-state index contributed by atoms with van der Waals surface area (Å²) in [6, 6.07) is 6.56. The number of rotatable bonds is 4. The zero-order valence-electron chi connectivity index (χ0n) is 11.4. The third kappa shape index (κ3) is 2.40. The Hall–Kier alpha value is -2.63. The number of methoxy groups -OCH3 is 2. The predicted molar refractivity (Wildman–Crippen MR) is 73.1 cm³/mol. The summed E-state index contributed by atoms with van der Waals surface area (Å²) in [5, 5.41) is 4.04. The standard InChI is InChI=1S/C14H14N2O4/c1-9-6-13(18)11(8-17)15-16(9)12-5-4-10(19-2)7-14(12)20-3/h4-8H,1-3H3. The molecular weight excluding hydrogens is 260 g/mol. The van der Waals surface area contributed by atoms with E-state index in [-0.39, 0.29) is 5.69 Å². The van der Waals surface area contributed by atoms with Crippen LogP contribution in [0.2, 0.25) is 0 Å². The first-order valence-corrected chi connectivity index (χ1v) is 5.89. The minimum atomic E-state index is -0.402. The van der Waals surface area contributed by atoms with E-state index in [2.05, 4.69) is 5.10 Å². The summed E-state index contributed by atoms with van der Waals surface area (Å²) in [6.45, 7) is 1.73. The summed E-state index contributed by atoms with van der Waals surface area (Å²) in [5.74, 6) is 1.17. The highest BCUT2D eigenvalue weighted by atomic mass is 16.5. The van der Waals surface area contributed by atoms with Gasteiger partial charge in [-0.1, -0.05) is 0 Å². The van der Waals surface area contributed by atoms with Gasteiger partial charge in [-0.2, -0.15) is 5.10 Å². The van der Waals surface area contributed by atoms with Gasteiger partial charge in [0.1, 0.15) is 17.2 Å². The van der Waals surface area contributed by atoms with Crippen molar-refractivity contribution in [3.05, 3.63) is 45.9 Å². The van der Waals surface area contributed by atoms with Crippen LogP contribution in [0.1, 0.15) is 16.2 Å². The fourth-order valence-electron chi connectivity index (χ4n) is 1.85.